The second-order valence-corrected chi connectivity index (χ2v) is 5.95. The maximum absolute atomic E-state index is 12.1. The maximum atomic E-state index is 12.1. The SMILES string of the molecule is C=CC(C)(C)c1cc(C=CC(=O)c2ccc(O)cc2)ccc1O. The fourth-order valence-corrected chi connectivity index (χ4v) is 2.18. The first kappa shape index (κ1) is 16.6. The lowest BCUT2D eigenvalue weighted by Crippen LogP contribution is -2.13. The number of rotatable bonds is 5. The van der Waals surface area contributed by atoms with Crippen LogP contribution in [0.4, 0.5) is 0 Å². The van der Waals surface area contributed by atoms with Crippen molar-refractivity contribution in [1.29, 1.82) is 0 Å². The highest BCUT2D eigenvalue weighted by atomic mass is 16.3. The Balaban J connectivity index is 2.26. The van der Waals surface area contributed by atoms with E-state index in [0.29, 0.717) is 5.56 Å². The summed E-state index contributed by atoms with van der Waals surface area (Å²) in [5.41, 5.74) is 1.71. The van der Waals surface area contributed by atoms with E-state index in [9.17, 15) is 15.0 Å². The number of ketones is 1. The fraction of sp³-hybridized carbons (Fsp3) is 0.150. The molecule has 0 aliphatic rings. The van der Waals surface area contributed by atoms with Crippen LogP contribution in [0.5, 0.6) is 11.5 Å². The summed E-state index contributed by atoms with van der Waals surface area (Å²) >= 11 is 0. The standard InChI is InChI=1S/C20H20O3/c1-4-20(2,3)17-13-14(6-12-19(17)23)5-11-18(22)15-7-9-16(21)10-8-15/h4-13,21,23H,1H2,2-3H3. The first-order valence-corrected chi connectivity index (χ1v) is 7.32. The van der Waals surface area contributed by atoms with Gasteiger partial charge in [0.25, 0.3) is 0 Å². The van der Waals surface area contributed by atoms with E-state index in [4.69, 9.17) is 0 Å². The van der Waals surface area contributed by atoms with E-state index in [1.807, 2.05) is 19.9 Å². The van der Waals surface area contributed by atoms with Gasteiger partial charge in [-0.2, -0.15) is 0 Å². The lowest BCUT2D eigenvalue weighted by Gasteiger charge is -2.22. The number of phenolic OH excluding ortho intramolecular Hbond substituents is 2. The van der Waals surface area contributed by atoms with Crippen LogP contribution in [-0.2, 0) is 5.41 Å². The molecule has 0 aliphatic carbocycles. The van der Waals surface area contributed by atoms with Gasteiger partial charge in [0.1, 0.15) is 11.5 Å². The third-order valence-corrected chi connectivity index (χ3v) is 3.80. The number of aromatic hydroxyl groups is 2. The van der Waals surface area contributed by atoms with E-state index in [-0.39, 0.29) is 22.7 Å². The Morgan fingerprint density at radius 3 is 2.35 bits per heavy atom. The minimum Gasteiger partial charge on any atom is -0.508 e. The van der Waals surface area contributed by atoms with Crippen LogP contribution in [0, 0.1) is 0 Å². The molecule has 0 heterocycles. The molecule has 23 heavy (non-hydrogen) atoms. The number of allylic oxidation sites excluding steroid dienone is 2. The van der Waals surface area contributed by atoms with Crippen molar-refractivity contribution in [1.82, 2.24) is 0 Å². The van der Waals surface area contributed by atoms with Gasteiger partial charge >= 0.3 is 0 Å². The van der Waals surface area contributed by atoms with Crippen molar-refractivity contribution in [3.63, 3.8) is 0 Å². The molecule has 2 aromatic carbocycles. The van der Waals surface area contributed by atoms with Crippen molar-refractivity contribution in [3.05, 3.63) is 77.9 Å². The van der Waals surface area contributed by atoms with Gasteiger partial charge in [-0.1, -0.05) is 32.1 Å². The predicted octanol–water partition coefficient (Wildman–Crippen LogP) is 4.46. The summed E-state index contributed by atoms with van der Waals surface area (Å²) in [5.74, 6) is 0.180. The lowest BCUT2D eigenvalue weighted by molar-refractivity contribution is 0.104. The predicted molar refractivity (Wildman–Crippen MR) is 92.8 cm³/mol. The third kappa shape index (κ3) is 3.89. The molecule has 0 saturated carbocycles. The fourth-order valence-electron chi connectivity index (χ4n) is 2.18. The van der Waals surface area contributed by atoms with E-state index in [0.717, 1.165) is 11.1 Å². The van der Waals surface area contributed by atoms with Crippen LogP contribution in [-0.4, -0.2) is 16.0 Å². The van der Waals surface area contributed by atoms with Crippen LogP contribution in [0.15, 0.2) is 61.2 Å². The van der Waals surface area contributed by atoms with Crippen molar-refractivity contribution < 1.29 is 15.0 Å². The zero-order valence-corrected chi connectivity index (χ0v) is 13.3. The summed E-state index contributed by atoms with van der Waals surface area (Å²) in [4.78, 5) is 12.1. The van der Waals surface area contributed by atoms with Gasteiger partial charge in [0.05, 0.1) is 0 Å². The molecule has 0 spiro atoms. The molecule has 0 unspecified atom stereocenters. The molecule has 3 heteroatoms. The lowest BCUT2D eigenvalue weighted by atomic mass is 9.83. The van der Waals surface area contributed by atoms with E-state index < -0.39 is 0 Å². The Labute approximate surface area is 136 Å². The molecule has 0 atom stereocenters. The van der Waals surface area contributed by atoms with Crippen LogP contribution in [0.3, 0.4) is 0 Å². The monoisotopic (exact) mass is 308 g/mol. The molecule has 0 fully saturated rings. The average Bonchev–Trinajstić information content (AvgIpc) is 2.54. The molecular formula is C20H20O3. The number of benzene rings is 2. The van der Waals surface area contributed by atoms with Crippen LogP contribution in [0.2, 0.25) is 0 Å². The normalized spacial score (nSPS) is 11.6. The molecule has 0 amide bonds. The van der Waals surface area contributed by atoms with Crippen molar-refractivity contribution in [3.8, 4) is 11.5 Å². The Bertz CT molecular complexity index is 753. The van der Waals surface area contributed by atoms with E-state index >= 15 is 0 Å². The molecule has 0 radical (unpaired) electrons. The topological polar surface area (TPSA) is 57.5 Å². The zero-order chi connectivity index (χ0) is 17.0. The largest absolute Gasteiger partial charge is 0.508 e. The molecule has 0 aliphatic heterocycles. The first-order valence-electron chi connectivity index (χ1n) is 7.32. The second kappa shape index (κ2) is 6.53. The molecule has 0 bridgehead atoms. The highest BCUT2D eigenvalue weighted by Gasteiger charge is 2.20. The quantitative estimate of drug-likeness (QED) is 0.487. The van der Waals surface area contributed by atoms with Crippen molar-refractivity contribution in [2.24, 2.45) is 0 Å². The molecule has 2 aromatic rings. The minimum atomic E-state index is -0.366. The number of hydrogen-bond acceptors (Lipinski definition) is 3. The number of carbonyl (C=O) groups excluding carboxylic acids is 1. The van der Waals surface area contributed by atoms with Crippen molar-refractivity contribution in [2.75, 3.05) is 0 Å². The van der Waals surface area contributed by atoms with Gasteiger partial charge in [0.2, 0.25) is 0 Å². The van der Waals surface area contributed by atoms with Crippen molar-refractivity contribution >= 4 is 11.9 Å². The molecule has 0 aromatic heterocycles. The van der Waals surface area contributed by atoms with Crippen LogP contribution < -0.4 is 0 Å². The highest BCUT2D eigenvalue weighted by molar-refractivity contribution is 6.06. The van der Waals surface area contributed by atoms with E-state index in [2.05, 4.69) is 6.58 Å². The van der Waals surface area contributed by atoms with Gasteiger partial charge < -0.3 is 10.2 Å². The summed E-state index contributed by atoms with van der Waals surface area (Å²) in [6.07, 6.45) is 4.96. The summed E-state index contributed by atoms with van der Waals surface area (Å²) in [6.45, 7) is 7.72. The van der Waals surface area contributed by atoms with Gasteiger partial charge in [-0.25, -0.2) is 0 Å². The Hall–Kier alpha value is -2.81. The maximum Gasteiger partial charge on any atom is 0.185 e. The molecule has 2 rings (SSSR count). The highest BCUT2D eigenvalue weighted by Crippen LogP contribution is 2.32. The third-order valence-electron chi connectivity index (χ3n) is 3.80. The van der Waals surface area contributed by atoms with Gasteiger partial charge in [0, 0.05) is 16.5 Å². The van der Waals surface area contributed by atoms with Crippen molar-refractivity contribution in [2.45, 2.75) is 19.3 Å². The molecule has 118 valence electrons. The van der Waals surface area contributed by atoms with Gasteiger partial charge in [-0.05, 0) is 48.0 Å². The van der Waals surface area contributed by atoms with Crippen LogP contribution in [0.1, 0.15) is 35.3 Å². The summed E-state index contributed by atoms with van der Waals surface area (Å²) < 4.78 is 0. The van der Waals surface area contributed by atoms with Crippen LogP contribution in [0.25, 0.3) is 6.08 Å². The summed E-state index contributed by atoms with van der Waals surface area (Å²) in [5, 5.41) is 19.3. The van der Waals surface area contributed by atoms with Gasteiger partial charge in [-0.15, -0.1) is 6.58 Å². The minimum absolute atomic E-state index is 0.125. The Kier molecular flexibility index (Phi) is 4.70. The smallest absolute Gasteiger partial charge is 0.185 e. The van der Waals surface area contributed by atoms with Gasteiger partial charge in [-0.3, -0.25) is 4.79 Å². The van der Waals surface area contributed by atoms with E-state index in [1.165, 1.54) is 18.2 Å². The second-order valence-electron chi connectivity index (χ2n) is 5.95. The molecule has 2 N–H and O–H groups in total. The van der Waals surface area contributed by atoms with Gasteiger partial charge in [0.15, 0.2) is 5.78 Å². The Morgan fingerprint density at radius 1 is 1.09 bits per heavy atom. The molecular weight excluding hydrogens is 288 g/mol. The Morgan fingerprint density at radius 2 is 1.74 bits per heavy atom. The van der Waals surface area contributed by atoms with E-state index in [1.54, 1.807) is 36.4 Å². The first-order chi connectivity index (χ1) is 10.8. The number of carbonyl (C=O) groups is 1. The average molecular weight is 308 g/mol. The summed E-state index contributed by atoms with van der Waals surface area (Å²) in [6, 6.07) is 11.3. The number of phenols is 2. The zero-order valence-electron chi connectivity index (χ0n) is 13.3. The molecule has 3 nitrogen and oxygen atoms in total. The van der Waals surface area contributed by atoms with Crippen LogP contribution >= 0.6 is 0 Å². The summed E-state index contributed by atoms with van der Waals surface area (Å²) in [7, 11) is 0. The molecule has 0 saturated heterocycles. The number of hydrogen-bond donors (Lipinski definition) is 2.